The van der Waals surface area contributed by atoms with Crippen molar-refractivity contribution >= 4 is 17.8 Å². The summed E-state index contributed by atoms with van der Waals surface area (Å²) in [7, 11) is 0. The highest BCUT2D eigenvalue weighted by Gasteiger charge is 2.60. The molecule has 0 aliphatic carbocycles. The van der Waals surface area contributed by atoms with Gasteiger partial charge in [-0.05, 0) is 38.5 Å². The third-order valence-corrected chi connectivity index (χ3v) is 14.9. The quantitative estimate of drug-likeness (QED) is 0.0306. The van der Waals surface area contributed by atoms with E-state index in [0.29, 0.717) is 12.8 Å². The fourth-order valence-corrected chi connectivity index (χ4v) is 10.1. The number of hydrogen-bond donors (Lipinski definition) is 14. The van der Waals surface area contributed by atoms with E-state index in [1.54, 1.807) is 6.08 Å². The van der Waals surface area contributed by atoms with Gasteiger partial charge in [-0.25, -0.2) is 4.79 Å². The third kappa shape index (κ3) is 23.8. The number of aliphatic hydroxyl groups excluding tert-OH is 11. The SMILES string of the molecule is CCCC/C=C\CCCCCCC(=O)NC(COC1OC(CO)C(OC2OC(CO)C(O)C(OC3(C(=O)O)CC(O)C(NC(C)=O)C(C(O)C(O)CO)O3)C2O)C(O)C1O)C(O)/C=C/CCCCCCCCCCCCCCC. The molecule has 18 unspecified atom stereocenters. The average molecular weight is 1140 g/mol. The van der Waals surface area contributed by atoms with Crippen LogP contribution in [0.25, 0.3) is 0 Å². The maximum Gasteiger partial charge on any atom is 0.364 e. The highest BCUT2D eigenvalue weighted by atomic mass is 16.8. The summed E-state index contributed by atoms with van der Waals surface area (Å²) in [6.07, 6.45) is 2.70. The maximum absolute atomic E-state index is 13.3. The lowest BCUT2D eigenvalue weighted by atomic mass is 9.88. The Morgan fingerprint density at radius 1 is 0.658 bits per heavy atom. The molecule has 3 heterocycles. The normalized spacial score (nSPS) is 31.0. The summed E-state index contributed by atoms with van der Waals surface area (Å²) in [6.45, 7) is 2.02. The van der Waals surface area contributed by atoms with Gasteiger partial charge in [-0.15, -0.1) is 0 Å². The van der Waals surface area contributed by atoms with E-state index >= 15 is 0 Å². The summed E-state index contributed by atoms with van der Waals surface area (Å²) in [4.78, 5) is 38.3. The van der Waals surface area contributed by atoms with Crippen LogP contribution in [-0.2, 0) is 42.8 Å². The minimum Gasteiger partial charge on any atom is -0.477 e. The first kappa shape index (κ1) is 70.5. The van der Waals surface area contributed by atoms with Gasteiger partial charge in [0.15, 0.2) is 12.6 Å². The van der Waals surface area contributed by atoms with E-state index in [2.05, 4.69) is 36.6 Å². The second-order valence-corrected chi connectivity index (χ2v) is 21.5. The highest BCUT2D eigenvalue weighted by molar-refractivity contribution is 5.77. The van der Waals surface area contributed by atoms with Crippen molar-refractivity contribution in [2.45, 2.75) is 285 Å². The van der Waals surface area contributed by atoms with Crippen LogP contribution in [-0.4, -0.2) is 215 Å². The first-order valence-corrected chi connectivity index (χ1v) is 29.2. The Kier molecular flexibility index (Phi) is 34.7. The number of carbonyl (C=O) groups is 3. The van der Waals surface area contributed by atoms with Crippen molar-refractivity contribution in [3.63, 3.8) is 0 Å². The molecule has 0 aromatic heterocycles. The fourth-order valence-electron chi connectivity index (χ4n) is 10.1. The molecule has 3 aliphatic rings. The zero-order valence-electron chi connectivity index (χ0n) is 47.0. The molecule has 23 heteroatoms. The van der Waals surface area contributed by atoms with Crippen LogP contribution in [0.3, 0.4) is 0 Å². The van der Waals surface area contributed by atoms with E-state index in [0.717, 1.165) is 71.1 Å². The molecule has 3 saturated heterocycles. The predicted octanol–water partition coefficient (Wildman–Crippen LogP) is 1.77. The smallest absolute Gasteiger partial charge is 0.364 e. The largest absolute Gasteiger partial charge is 0.477 e. The van der Waals surface area contributed by atoms with E-state index in [9.17, 15) is 75.7 Å². The monoisotopic (exact) mass is 1140 g/mol. The minimum absolute atomic E-state index is 0.185. The van der Waals surface area contributed by atoms with Crippen LogP contribution < -0.4 is 10.6 Å². The fraction of sp³-hybridized carbons (Fsp3) is 0.875. The Morgan fingerprint density at radius 2 is 1.20 bits per heavy atom. The van der Waals surface area contributed by atoms with Crippen LogP contribution in [0.15, 0.2) is 24.3 Å². The van der Waals surface area contributed by atoms with Gasteiger partial charge >= 0.3 is 5.97 Å². The number of carboxylic acids is 1. The number of rotatable bonds is 41. The van der Waals surface area contributed by atoms with Gasteiger partial charge in [-0.3, -0.25) is 9.59 Å². The summed E-state index contributed by atoms with van der Waals surface area (Å²) in [5.74, 6) is -6.16. The molecule has 79 heavy (non-hydrogen) atoms. The van der Waals surface area contributed by atoms with Crippen LogP contribution in [0, 0.1) is 0 Å². The van der Waals surface area contributed by atoms with E-state index in [-0.39, 0.29) is 12.3 Å². The molecule has 3 fully saturated rings. The van der Waals surface area contributed by atoms with Crippen LogP contribution in [0.2, 0.25) is 0 Å². The topological polar surface area (TPSA) is 373 Å². The lowest BCUT2D eigenvalue weighted by Crippen LogP contribution is -2.70. The summed E-state index contributed by atoms with van der Waals surface area (Å²) >= 11 is 0. The van der Waals surface area contributed by atoms with Crippen molar-refractivity contribution in [1.29, 1.82) is 0 Å². The summed E-state index contributed by atoms with van der Waals surface area (Å²) in [5, 5.41) is 135. The molecular formula is C56H100N2O21. The lowest BCUT2D eigenvalue weighted by molar-refractivity contribution is -0.386. The van der Waals surface area contributed by atoms with Gasteiger partial charge in [0.05, 0.1) is 50.7 Å². The van der Waals surface area contributed by atoms with E-state index in [1.165, 1.54) is 64.2 Å². The standard InChI is InChI=1S/C56H100N2O21/c1-4-6-8-10-12-14-16-17-18-19-20-21-23-25-27-29-38(63)37(58-43(66)30-28-26-24-22-15-13-11-9-7-5-2)35-74-53-48(70)47(69)50(42(34-61)76-53)77-54-49(71)52(46(68)41(33-60)75-54)79-56(55(72)73)31-39(64)44(57-36(3)62)51(78-56)45(67)40(65)32-59/h11,13,27,29,37-42,44-54,59-61,63-65,67-71H,4-10,12,14-26,28,30-35H2,1-3H3,(H,57,62)(H,58,66)(H,72,73)/b13-11-,29-27+. The molecular weight excluding hydrogens is 1040 g/mol. The van der Waals surface area contributed by atoms with Crippen LogP contribution in [0.5, 0.6) is 0 Å². The Bertz CT molecular complexity index is 1730. The molecule has 460 valence electrons. The Balaban J connectivity index is 1.70. The number of carboxylic acid groups (broad SMARTS) is 1. The highest BCUT2D eigenvalue weighted by Crippen LogP contribution is 2.38. The predicted molar refractivity (Wildman–Crippen MR) is 288 cm³/mol. The molecule has 0 aromatic rings. The molecule has 3 aliphatic heterocycles. The van der Waals surface area contributed by atoms with Gasteiger partial charge < -0.3 is 100 Å². The number of nitrogens with one attached hydrogen (secondary N) is 2. The summed E-state index contributed by atoms with van der Waals surface area (Å²) < 4.78 is 34.6. The first-order valence-electron chi connectivity index (χ1n) is 29.2. The van der Waals surface area contributed by atoms with Gasteiger partial charge in [-0.1, -0.05) is 141 Å². The summed E-state index contributed by atoms with van der Waals surface area (Å²) in [5.41, 5.74) is 0. The van der Waals surface area contributed by atoms with Gasteiger partial charge in [0, 0.05) is 19.8 Å². The molecule has 18 atom stereocenters. The van der Waals surface area contributed by atoms with Crippen molar-refractivity contribution in [2.24, 2.45) is 0 Å². The van der Waals surface area contributed by atoms with E-state index < -0.39 is 155 Å². The second kappa shape index (κ2) is 38.9. The van der Waals surface area contributed by atoms with Crippen molar-refractivity contribution < 1.29 is 104 Å². The number of aliphatic carboxylic acids is 1. The number of hydrogen-bond acceptors (Lipinski definition) is 20. The number of aliphatic hydroxyl groups is 11. The number of amides is 2. The van der Waals surface area contributed by atoms with Gasteiger partial charge in [0.2, 0.25) is 11.8 Å². The zero-order valence-corrected chi connectivity index (χ0v) is 47.0. The molecule has 0 radical (unpaired) electrons. The molecule has 0 aromatic carbocycles. The molecule has 0 saturated carbocycles. The Hall–Kier alpha value is -2.79. The molecule has 14 N–H and O–H groups in total. The van der Waals surface area contributed by atoms with Crippen molar-refractivity contribution in [2.75, 3.05) is 26.4 Å². The number of carbonyl (C=O) groups excluding carboxylic acids is 2. The van der Waals surface area contributed by atoms with Gasteiger partial charge in [0.25, 0.3) is 5.79 Å². The van der Waals surface area contributed by atoms with Crippen molar-refractivity contribution in [1.82, 2.24) is 10.6 Å². The number of allylic oxidation sites excluding steroid dienone is 3. The lowest BCUT2D eigenvalue weighted by Gasteiger charge is -2.50. The molecule has 23 nitrogen and oxygen atoms in total. The van der Waals surface area contributed by atoms with E-state index in [1.807, 2.05) is 6.08 Å². The van der Waals surface area contributed by atoms with Crippen LogP contribution in [0.4, 0.5) is 0 Å². The minimum atomic E-state index is -3.08. The molecule has 0 spiro atoms. The third-order valence-electron chi connectivity index (χ3n) is 14.9. The average Bonchev–Trinajstić information content (AvgIpc) is 3.52. The van der Waals surface area contributed by atoms with Crippen LogP contribution >= 0.6 is 0 Å². The molecule has 3 rings (SSSR count). The first-order chi connectivity index (χ1) is 37.9. The number of ether oxygens (including phenoxy) is 6. The molecule has 2 amide bonds. The molecule has 0 bridgehead atoms. The Morgan fingerprint density at radius 3 is 1.76 bits per heavy atom. The number of unbranched alkanes of at least 4 members (excludes halogenated alkanes) is 19. The van der Waals surface area contributed by atoms with Gasteiger partial charge in [0.1, 0.15) is 67.1 Å². The zero-order chi connectivity index (χ0) is 58.3. The van der Waals surface area contributed by atoms with Crippen molar-refractivity contribution in [3.8, 4) is 0 Å². The Labute approximate surface area is 466 Å². The second-order valence-electron chi connectivity index (χ2n) is 21.5. The van der Waals surface area contributed by atoms with E-state index in [4.69, 9.17) is 28.4 Å². The maximum atomic E-state index is 13.3. The summed E-state index contributed by atoms with van der Waals surface area (Å²) in [6, 6.07) is -2.62. The van der Waals surface area contributed by atoms with Gasteiger partial charge in [-0.2, -0.15) is 0 Å². The van der Waals surface area contributed by atoms with Crippen LogP contribution in [0.1, 0.15) is 175 Å². The van der Waals surface area contributed by atoms with Crippen molar-refractivity contribution in [3.05, 3.63) is 24.3 Å².